The number of methoxy groups -OCH3 is 6. The van der Waals surface area contributed by atoms with Crippen LogP contribution < -0.4 is 28.4 Å². The molecule has 0 bridgehead atoms. The Bertz CT molecular complexity index is 1700. The molecule has 5 aromatic carbocycles. The average Bonchev–Trinajstić information content (AvgIpc) is 3.01. The summed E-state index contributed by atoms with van der Waals surface area (Å²) < 4.78 is 33.9. The molecule has 0 heterocycles. The van der Waals surface area contributed by atoms with Gasteiger partial charge in [0.15, 0.2) is 34.5 Å². The number of fused-ring (bicyclic) bond motifs is 2. The van der Waals surface area contributed by atoms with Gasteiger partial charge in [-0.2, -0.15) is 0 Å². The number of rotatable bonds is 9. The van der Waals surface area contributed by atoms with Gasteiger partial charge in [0.05, 0.1) is 48.2 Å². The minimum Gasteiger partial charge on any atom is -0.493 e. The number of carbonyl (C=O) groups is 1. The number of ether oxygens (including phenoxy) is 6. The predicted molar refractivity (Wildman–Crippen MR) is 159 cm³/mol. The van der Waals surface area contributed by atoms with Crippen LogP contribution in [0.2, 0.25) is 0 Å². The van der Waals surface area contributed by atoms with Gasteiger partial charge < -0.3 is 33.5 Å². The number of benzene rings is 5. The Morgan fingerprint density at radius 3 is 1.27 bits per heavy atom. The van der Waals surface area contributed by atoms with E-state index in [1.165, 1.54) is 20.3 Å². The molecule has 0 fully saturated rings. The number of hydrogen-bond acceptors (Lipinski definition) is 7. The highest BCUT2D eigenvalue weighted by molar-refractivity contribution is 6.23. The quantitative estimate of drug-likeness (QED) is 0.193. The molecule has 210 valence electrons. The van der Waals surface area contributed by atoms with Crippen LogP contribution >= 0.6 is 0 Å². The van der Waals surface area contributed by atoms with E-state index >= 15 is 0 Å². The van der Waals surface area contributed by atoms with E-state index in [1.54, 1.807) is 34.5 Å². The third-order valence-electron chi connectivity index (χ3n) is 7.21. The van der Waals surface area contributed by atoms with E-state index in [4.69, 9.17) is 28.4 Å². The smallest absolute Gasteiger partial charge is 0.336 e. The topological polar surface area (TPSA) is 92.7 Å². The lowest BCUT2D eigenvalue weighted by Gasteiger charge is -2.22. The minimum absolute atomic E-state index is 0.0438. The second kappa shape index (κ2) is 11.2. The van der Waals surface area contributed by atoms with Gasteiger partial charge in [-0.05, 0) is 74.6 Å². The summed E-state index contributed by atoms with van der Waals surface area (Å²) in [6.07, 6.45) is 0. The number of carboxylic acids is 1. The molecule has 8 heteroatoms. The summed E-state index contributed by atoms with van der Waals surface area (Å²) in [4.78, 5) is 12.7. The normalized spacial score (nSPS) is 10.9. The van der Waals surface area contributed by atoms with E-state index in [0.29, 0.717) is 45.6 Å². The van der Waals surface area contributed by atoms with Crippen molar-refractivity contribution in [1.82, 2.24) is 0 Å². The molecule has 0 aliphatic heterocycles. The third-order valence-corrected chi connectivity index (χ3v) is 7.21. The van der Waals surface area contributed by atoms with Crippen LogP contribution in [0.15, 0.2) is 66.7 Å². The molecule has 0 unspecified atom stereocenters. The van der Waals surface area contributed by atoms with Crippen LogP contribution in [-0.4, -0.2) is 53.7 Å². The Hall–Kier alpha value is -5.11. The molecular weight excluding hydrogens is 524 g/mol. The molecule has 0 saturated heterocycles. The monoisotopic (exact) mass is 554 g/mol. The first kappa shape index (κ1) is 27.5. The predicted octanol–water partition coefficient (Wildman–Crippen LogP) is 7.08. The Labute approximate surface area is 237 Å². The fourth-order valence-electron chi connectivity index (χ4n) is 5.34. The standard InChI is InChI=1S/C33H30O8/c1-36-25-12-19-21(14-27(25)38-3)32(23-16-29(40-5)30(41-6)17-24(23)33(34)35)22-15-28(39-4)26(37-2)13-20(22)31(19)18-10-8-7-9-11-18/h7-17H,1-6H3,(H,34,35). The molecule has 0 aliphatic carbocycles. The van der Waals surface area contributed by atoms with Gasteiger partial charge in [0.2, 0.25) is 0 Å². The molecule has 0 saturated carbocycles. The summed E-state index contributed by atoms with van der Waals surface area (Å²) in [5.41, 5.74) is 3.00. The summed E-state index contributed by atoms with van der Waals surface area (Å²) in [7, 11) is 9.28. The van der Waals surface area contributed by atoms with Crippen molar-refractivity contribution in [2.45, 2.75) is 0 Å². The van der Waals surface area contributed by atoms with Gasteiger partial charge in [0.25, 0.3) is 0 Å². The van der Waals surface area contributed by atoms with Gasteiger partial charge in [-0.15, -0.1) is 0 Å². The fourth-order valence-corrected chi connectivity index (χ4v) is 5.34. The lowest BCUT2D eigenvalue weighted by Crippen LogP contribution is -2.04. The van der Waals surface area contributed by atoms with Crippen LogP contribution in [-0.2, 0) is 0 Å². The molecule has 0 radical (unpaired) electrons. The first-order valence-corrected chi connectivity index (χ1v) is 12.7. The van der Waals surface area contributed by atoms with Crippen molar-refractivity contribution in [1.29, 1.82) is 0 Å². The molecule has 5 rings (SSSR count). The first-order chi connectivity index (χ1) is 19.9. The Kier molecular flexibility index (Phi) is 7.48. The van der Waals surface area contributed by atoms with E-state index in [-0.39, 0.29) is 5.56 Å². The maximum absolute atomic E-state index is 12.7. The van der Waals surface area contributed by atoms with Crippen LogP contribution in [0, 0.1) is 0 Å². The summed E-state index contributed by atoms with van der Waals surface area (Å²) >= 11 is 0. The van der Waals surface area contributed by atoms with E-state index < -0.39 is 5.97 Å². The van der Waals surface area contributed by atoms with E-state index in [1.807, 2.05) is 54.6 Å². The Balaban J connectivity index is 2.12. The number of aromatic carboxylic acids is 1. The molecule has 0 aromatic heterocycles. The summed E-state index contributed by atoms with van der Waals surface area (Å²) in [6.45, 7) is 0. The zero-order valence-corrected chi connectivity index (χ0v) is 23.7. The Morgan fingerprint density at radius 2 is 0.878 bits per heavy atom. The van der Waals surface area contributed by atoms with Gasteiger partial charge in [-0.1, -0.05) is 30.3 Å². The number of carboxylic acid groups (broad SMARTS) is 1. The number of hydrogen-bond donors (Lipinski definition) is 1. The lowest BCUT2D eigenvalue weighted by atomic mass is 9.84. The van der Waals surface area contributed by atoms with Crippen LogP contribution in [0.1, 0.15) is 10.4 Å². The highest BCUT2D eigenvalue weighted by Gasteiger charge is 2.26. The molecule has 8 nitrogen and oxygen atoms in total. The average molecular weight is 555 g/mol. The maximum Gasteiger partial charge on any atom is 0.336 e. The molecule has 41 heavy (non-hydrogen) atoms. The van der Waals surface area contributed by atoms with E-state index in [0.717, 1.165) is 32.7 Å². The van der Waals surface area contributed by atoms with Crippen molar-refractivity contribution in [3.8, 4) is 56.8 Å². The van der Waals surface area contributed by atoms with Crippen molar-refractivity contribution in [2.24, 2.45) is 0 Å². The van der Waals surface area contributed by atoms with Crippen LogP contribution in [0.4, 0.5) is 0 Å². The van der Waals surface area contributed by atoms with Crippen molar-refractivity contribution in [2.75, 3.05) is 42.7 Å². The minimum atomic E-state index is -1.12. The zero-order valence-electron chi connectivity index (χ0n) is 23.7. The largest absolute Gasteiger partial charge is 0.493 e. The van der Waals surface area contributed by atoms with Crippen LogP contribution in [0.25, 0.3) is 43.8 Å². The molecule has 0 aliphatic rings. The summed E-state index contributed by atoms with van der Waals surface area (Å²) in [5, 5.41) is 13.5. The van der Waals surface area contributed by atoms with Crippen molar-refractivity contribution < 1.29 is 38.3 Å². The van der Waals surface area contributed by atoms with Gasteiger partial charge in [0, 0.05) is 5.56 Å². The molecule has 0 atom stereocenters. The SMILES string of the molecule is COc1cc(C(=O)O)c(-c2c3cc(OC)c(OC)cc3c(-c3ccccc3)c3cc(OC)c(OC)cc23)cc1OC. The first-order valence-electron chi connectivity index (χ1n) is 12.7. The molecule has 5 aromatic rings. The van der Waals surface area contributed by atoms with Gasteiger partial charge in [0.1, 0.15) is 0 Å². The van der Waals surface area contributed by atoms with Crippen molar-refractivity contribution in [3.05, 3.63) is 72.3 Å². The van der Waals surface area contributed by atoms with Gasteiger partial charge >= 0.3 is 5.97 Å². The van der Waals surface area contributed by atoms with E-state index in [9.17, 15) is 9.90 Å². The summed E-state index contributed by atoms with van der Waals surface area (Å²) in [5.74, 6) is 1.65. The summed E-state index contributed by atoms with van der Waals surface area (Å²) in [6, 6.07) is 20.7. The highest BCUT2D eigenvalue weighted by Crippen LogP contribution is 2.51. The molecular formula is C33H30O8. The molecule has 0 amide bonds. The Morgan fingerprint density at radius 1 is 0.512 bits per heavy atom. The zero-order chi connectivity index (χ0) is 29.3. The fraction of sp³-hybridized carbons (Fsp3) is 0.182. The molecule has 0 spiro atoms. The van der Waals surface area contributed by atoms with Gasteiger partial charge in [-0.25, -0.2) is 4.79 Å². The lowest BCUT2D eigenvalue weighted by molar-refractivity contribution is 0.0697. The third kappa shape index (κ3) is 4.57. The van der Waals surface area contributed by atoms with Crippen molar-refractivity contribution in [3.63, 3.8) is 0 Å². The van der Waals surface area contributed by atoms with Crippen LogP contribution in [0.5, 0.6) is 34.5 Å². The van der Waals surface area contributed by atoms with Crippen molar-refractivity contribution >= 4 is 27.5 Å². The van der Waals surface area contributed by atoms with Gasteiger partial charge in [-0.3, -0.25) is 0 Å². The molecule has 1 N–H and O–H groups in total. The van der Waals surface area contributed by atoms with Crippen LogP contribution in [0.3, 0.4) is 0 Å². The highest BCUT2D eigenvalue weighted by atomic mass is 16.5. The second-order valence-corrected chi connectivity index (χ2v) is 9.18. The van der Waals surface area contributed by atoms with E-state index in [2.05, 4.69) is 0 Å². The maximum atomic E-state index is 12.7. The second-order valence-electron chi connectivity index (χ2n) is 9.18.